The van der Waals surface area contributed by atoms with E-state index in [2.05, 4.69) is 5.32 Å². The maximum atomic E-state index is 12.1. The van der Waals surface area contributed by atoms with Crippen LogP contribution in [0.15, 0.2) is 18.2 Å². The number of nitrogen functional groups attached to an aromatic ring is 1. The van der Waals surface area contributed by atoms with Gasteiger partial charge in [-0.25, -0.2) is 0 Å². The van der Waals surface area contributed by atoms with E-state index in [4.69, 9.17) is 10.5 Å². The molecule has 1 aromatic rings. The molecule has 0 spiro atoms. The summed E-state index contributed by atoms with van der Waals surface area (Å²) >= 11 is 0. The molecule has 1 saturated carbocycles. The lowest BCUT2D eigenvalue weighted by Gasteiger charge is -2.18. The second-order valence-electron chi connectivity index (χ2n) is 4.75. The average molecular weight is 285 g/mol. The molecule has 0 amide bonds. The summed E-state index contributed by atoms with van der Waals surface area (Å²) in [4.78, 5) is 12.1. The molecule has 2 rings (SSSR count). The smallest absolute Gasteiger partial charge is 0.316 e. The predicted molar refractivity (Wildman–Crippen MR) is 78.4 cm³/mol. The van der Waals surface area contributed by atoms with E-state index >= 15 is 0 Å². The Labute approximate surface area is 120 Å². The Balaban J connectivity index is 0.00000180. The number of nitrogens with one attached hydrogen (secondary N) is 1. The molecule has 4 nitrogen and oxygen atoms in total. The Bertz CT molecular complexity index is 459. The molecule has 1 fully saturated rings. The van der Waals surface area contributed by atoms with Crippen molar-refractivity contribution in [1.29, 1.82) is 0 Å². The quantitative estimate of drug-likeness (QED) is 0.641. The van der Waals surface area contributed by atoms with Crippen LogP contribution in [0, 0.1) is 0 Å². The summed E-state index contributed by atoms with van der Waals surface area (Å²) in [5.74, 6) is -0.105. The SMILES string of the molecule is CCOC(=O)C1(c2ccc(N)cc2CNC)CC1.Cl. The summed E-state index contributed by atoms with van der Waals surface area (Å²) in [7, 11) is 1.89. The average Bonchev–Trinajstić information content (AvgIpc) is 3.11. The van der Waals surface area contributed by atoms with Gasteiger partial charge in [0.1, 0.15) is 0 Å². The van der Waals surface area contributed by atoms with Gasteiger partial charge in [-0.3, -0.25) is 4.79 Å². The molecule has 5 heteroatoms. The minimum Gasteiger partial charge on any atom is -0.465 e. The fourth-order valence-electron chi connectivity index (χ4n) is 2.39. The van der Waals surface area contributed by atoms with Crippen LogP contribution in [0.4, 0.5) is 5.69 Å². The first-order valence-electron chi connectivity index (χ1n) is 6.34. The zero-order chi connectivity index (χ0) is 13.2. The van der Waals surface area contributed by atoms with Gasteiger partial charge < -0.3 is 15.8 Å². The lowest BCUT2D eigenvalue weighted by Crippen LogP contribution is -2.25. The summed E-state index contributed by atoms with van der Waals surface area (Å²) in [5.41, 5.74) is 8.26. The molecule has 1 aromatic carbocycles. The molecule has 0 radical (unpaired) electrons. The minimum atomic E-state index is -0.421. The lowest BCUT2D eigenvalue weighted by molar-refractivity contribution is -0.146. The molecular weight excluding hydrogens is 264 g/mol. The zero-order valence-electron chi connectivity index (χ0n) is 11.4. The van der Waals surface area contributed by atoms with Crippen LogP contribution in [0.5, 0.6) is 0 Å². The van der Waals surface area contributed by atoms with Crippen LogP contribution >= 0.6 is 12.4 Å². The van der Waals surface area contributed by atoms with Crippen LogP contribution in [0.25, 0.3) is 0 Å². The van der Waals surface area contributed by atoms with E-state index in [1.54, 1.807) is 0 Å². The number of anilines is 1. The third-order valence-corrected chi connectivity index (χ3v) is 3.43. The van der Waals surface area contributed by atoms with Crippen molar-refractivity contribution in [2.24, 2.45) is 0 Å². The van der Waals surface area contributed by atoms with Gasteiger partial charge in [-0.05, 0) is 50.1 Å². The number of benzene rings is 1. The monoisotopic (exact) mass is 284 g/mol. The molecule has 1 aliphatic carbocycles. The summed E-state index contributed by atoms with van der Waals surface area (Å²) in [6.07, 6.45) is 1.74. The molecule has 0 unspecified atom stereocenters. The summed E-state index contributed by atoms with van der Waals surface area (Å²) in [6.45, 7) is 2.98. The van der Waals surface area contributed by atoms with Crippen molar-refractivity contribution in [3.05, 3.63) is 29.3 Å². The number of hydrogen-bond acceptors (Lipinski definition) is 4. The Morgan fingerprint density at radius 2 is 2.16 bits per heavy atom. The van der Waals surface area contributed by atoms with E-state index in [1.165, 1.54) is 0 Å². The summed E-state index contributed by atoms with van der Waals surface area (Å²) in [5, 5.41) is 3.11. The number of esters is 1. The fourth-order valence-corrected chi connectivity index (χ4v) is 2.39. The van der Waals surface area contributed by atoms with Gasteiger partial charge in [-0.15, -0.1) is 12.4 Å². The van der Waals surface area contributed by atoms with Gasteiger partial charge in [0.25, 0.3) is 0 Å². The maximum absolute atomic E-state index is 12.1. The van der Waals surface area contributed by atoms with Gasteiger partial charge in [-0.2, -0.15) is 0 Å². The Morgan fingerprint density at radius 1 is 1.47 bits per heavy atom. The molecule has 106 valence electrons. The largest absolute Gasteiger partial charge is 0.465 e. The molecule has 19 heavy (non-hydrogen) atoms. The van der Waals surface area contributed by atoms with E-state index in [-0.39, 0.29) is 18.4 Å². The van der Waals surface area contributed by atoms with Gasteiger partial charge in [0.05, 0.1) is 12.0 Å². The van der Waals surface area contributed by atoms with Crippen LogP contribution in [0.2, 0.25) is 0 Å². The van der Waals surface area contributed by atoms with Crippen molar-refractivity contribution in [1.82, 2.24) is 5.32 Å². The molecule has 3 N–H and O–H groups in total. The van der Waals surface area contributed by atoms with Gasteiger partial charge >= 0.3 is 5.97 Å². The highest BCUT2D eigenvalue weighted by atomic mass is 35.5. The van der Waals surface area contributed by atoms with Crippen LogP contribution in [0.3, 0.4) is 0 Å². The first kappa shape index (κ1) is 15.8. The van der Waals surface area contributed by atoms with E-state index in [0.29, 0.717) is 13.2 Å². The third-order valence-electron chi connectivity index (χ3n) is 3.43. The van der Waals surface area contributed by atoms with Gasteiger partial charge in [0.2, 0.25) is 0 Å². The maximum Gasteiger partial charge on any atom is 0.316 e. The highest BCUT2D eigenvalue weighted by Crippen LogP contribution is 2.50. The molecule has 0 saturated heterocycles. The van der Waals surface area contributed by atoms with Crippen LogP contribution < -0.4 is 11.1 Å². The number of carbonyl (C=O) groups is 1. The normalized spacial score (nSPS) is 15.5. The van der Waals surface area contributed by atoms with Crippen LogP contribution in [-0.4, -0.2) is 19.6 Å². The second-order valence-corrected chi connectivity index (χ2v) is 4.75. The summed E-state index contributed by atoms with van der Waals surface area (Å²) < 4.78 is 5.20. The Kier molecular flexibility index (Phi) is 5.20. The number of hydrogen-bond donors (Lipinski definition) is 2. The Morgan fingerprint density at radius 3 is 2.68 bits per heavy atom. The van der Waals surface area contributed by atoms with Crippen molar-refractivity contribution < 1.29 is 9.53 Å². The van der Waals surface area contributed by atoms with E-state index in [0.717, 1.165) is 29.7 Å². The first-order valence-corrected chi connectivity index (χ1v) is 6.34. The molecule has 1 aliphatic rings. The number of nitrogens with two attached hydrogens (primary N) is 1. The van der Waals surface area contributed by atoms with Crippen molar-refractivity contribution in [2.75, 3.05) is 19.4 Å². The van der Waals surface area contributed by atoms with E-state index in [1.807, 2.05) is 32.2 Å². The topological polar surface area (TPSA) is 64.3 Å². The van der Waals surface area contributed by atoms with Gasteiger partial charge in [0.15, 0.2) is 0 Å². The lowest BCUT2D eigenvalue weighted by atomic mass is 9.91. The van der Waals surface area contributed by atoms with Crippen molar-refractivity contribution in [3.63, 3.8) is 0 Å². The Hall–Kier alpha value is -1.26. The molecule has 0 heterocycles. The van der Waals surface area contributed by atoms with Gasteiger partial charge in [-0.1, -0.05) is 6.07 Å². The number of carbonyl (C=O) groups excluding carboxylic acids is 1. The zero-order valence-corrected chi connectivity index (χ0v) is 12.2. The van der Waals surface area contributed by atoms with E-state index in [9.17, 15) is 4.79 Å². The van der Waals surface area contributed by atoms with Crippen LogP contribution in [-0.2, 0) is 21.5 Å². The molecule has 0 aromatic heterocycles. The number of halogens is 1. The second kappa shape index (κ2) is 6.26. The van der Waals surface area contributed by atoms with Crippen molar-refractivity contribution >= 4 is 24.1 Å². The van der Waals surface area contributed by atoms with E-state index < -0.39 is 5.41 Å². The number of ether oxygens (including phenoxy) is 1. The summed E-state index contributed by atoms with van der Waals surface area (Å²) in [6, 6.07) is 5.75. The standard InChI is InChI=1S/C14H20N2O2.ClH/c1-3-18-13(17)14(6-7-14)12-5-4-11(15)8-10(12)9-16-2;/h4-5,8,16H,3,6-7,9,15H2,1-2H3;1H. The van der Waals surface area contributed by atoms with Crippen LogP contribution in [0.1, 0.15) is 30.9 Å². The van der Waals surface area contributed by atoms with Gasteiger partial charge in [0, 0.05) is 12.2 Å². The molecular formula is C14H21ClN2O2. The molecule has 0 bridgehead atoms. The molecule has 0 atom stereocenters. The van der Waals surface area contributed by atoms with Crippen molar-refractivity contribution in [2.45, 2.75) is 31.7 Å². The number of rotatable bonds is 5. The first-order chi connectivity index (χ1) is 8.64. The highest BCUT2D eigenvalue weighted by molar-refractivity contribution is 5.87. The highest BCUT2D eigenvalue weighted by Gasteiger charge is 2.53. The molecule has 0 aliphatic heterocycles. The predicted octanol–water partition coefficient (Wildman–Crippen LogP) is 2.00. The minimum absolute atomic E-state index is 0. The fraction of sp³-hybridized carbons (Fsp3) is 0.500. The van der Waals surface area contributed by atoms with Crippen molar-refractivity contribution in [3.8, 4) is 0 Å². The third kappa shape index (κ3) is 3.01.